The molecular weight excluding hydrogens is 288 g/mol. The molecule has 0 fully saturated rings. The first kappa shape index (κ1) is 14.9. The van der Waals surface area contributed by atoms with Crippen molar-refractivity contribution < 1.29 is 0 Å². The first-order chi connectivity index (χ1) is 9.56. The van der Waals surface area contributed by atoms with Crippen molar-refractivity contribution in [2.75, 3.05) is 7.05 Å². The van der Waals surface area contributed by atoms with E-state index in [0.717, 1.165) is 15.6 Å². The molecule has 2 aromatic rings. The number of nitrogens with zero attached hydrogens (tertiary/aromatic N) is 2. The molecule has 0 aromatic heterocycles. The molecule has 0 amide bonds. The first-order valence-corrected chi connectivity index (χ1v) is 7.48. The van der Waals surface area contributed by atoms with Crippen LogP contribution < -0.4 is 0 Å². The molecule has 0 aliphatic rings. The minimum atomic E-state index is 0.751. The van der Waals surface area contributed by atoms with Gasteiger partial charge in [0.25, 0.3) is 0 Å². The predicted molar refractivity (Wildman–Crippen MR) is 89.1 cm³/mol. The minimum Gasteiger partial charge on any atom is -0.306 e. The lowest BCUT2D eigenvalue weighted by Crippen LogP contribution is -2.04. The Kier molecular flexibility index (Phi) is 5.10. The third kappa shape index (κ3) is 4.02. The second-order valence-electron chi connectivity index (χ2n) is 4.55. The Labute approximate surface area is 129 Å². The second kappa shape index (κ2) is 6.82. The summed E-state index contributed by atoms with van der Waals surface area (Å²) in [6, 6.07) is 13.9. The van der Waals surface area contributed by atoms with Crippen molar-refractivity contribution in [1.29, 1.82) is 0 Å². The van der Waals surface area contributed by atoms with Crippen LogP contribution in [0.25, 0.3) is 0 Å². The summed E-state index contributed by atoms with van der Waals surface area (Å²) in [5.41, 5.74) is 3.48. The summed E-state index contributed by atoms with van der Waals surface area (Å²) in [5, 5.41) is 0.751. The van der Waals surface area contributed by atoms with Gasteiger partial charge in [-0.3, -0.25) is 0 Å². The summed E-state index contributed by atoms with van der Waals surface area (Å²) in [5.74, 6) is 0. The Morgan fingerprint density at radius 2 is 1.80 bits per heavy atom. The Morgan fingerprint density at radius 3 is 2.50 bits per heavy atom. The number of hydrogen-bond donors (Lipinski definition) is 0. The van der Waals surface area contributed by atoms with E-state index in [9.17, 15) is 0 Å². The fourth-order valence-corrected chi connectivity index (χ4v) is 2.51. The van der Waals surface area contributed by atoms with E-state index in [1.807, 2.05) is 54.1 Å². The summed E-state index contributed by atoms with van der Waals surface area (Å²) in [4.78, 5) is 5.66. The third-order valence-corrected chi connectivity index (χ3v) is 4.12. The van der Waals surface area contributed by atoms with Gasteiger partial charge in [-0.1, -0.05) is 23.7 Å². The highest BCUT2D eigenvalue weighted by molar-refractivity contribution is 7.97. The van der Waals surface area contributed by atoms with Gasteiger partial charge in [-0.15, -0.1) is 0 Å². The minimum absolute atomic E-state index is 0.751. The van der Waals surface area contributed by atoms with E-state index in [-0.39, 0.29) is 0 Å². The molecule has 0 atom stereocenters. The summed E-state index contributed by atoms with van der Waals surface area (Å²) in [7, 11) is 1.98. The van der Waals surface area contributed by atoms with E-state index in [4.69, 9.17) is 11.6 Å². The van der Waals surface area contributed by atoms with Crippen LogP contribution in [0.4, 0.5) is 5.69 Å². The Bertz CT molecular complexity index is 608. The summed E-state index contributed by atoms with van der Waals surface area (Å²) < 4.78 is 1.98. The lowest BCUT2D eigenvalue weighted by molar-refractivity contribution is 0.869. The van der Waals surface area contributed by atoms with Crippen LogP contribution in [-0.4, -0.2) is 17.7 Å². The molecule has 104 valence electrons. The quantitative estimate of drug-likeness (QED) is 0.435. The molecule has 4 heteroatoms. The van der Waals surface area contributed by atoms with E-state index in [1.54, 1.807) is 11.9 Å². The normalized spacial score (nSPS) is 11.0. The first-order valence-electron chi connectivity index (χ1n) is 6.33. The fraction of sp³-hybridized carbons (Fsp3) is 0.188. The topological polar surface area (TPSA) is 15.6 Å². The van der Waals surface area contributed by atoms with Crippen LogP contribution in [0.3, 0.4) is 0 Å². The molecule has 0 aliphatic carbocycles. The lowest BCUT2D eigenvalue weighted by atomic mass is 10.1. The monoisotopic (exact) mass is 304 g/mol. The smallest absolute Gasteiger partial charge is 0.101 e. The average molecular weight is 305 g/mol. The number of aliphatic imine (C=N–C) groups is 1. The lowest BCUT2D eigenvalue weighted by Gasteiger charge is -2.12. The van der Waals surface area contributed by atoms with Crippen molar-refractivity contribution in [1.82, 2.24) is 4.31 Å². The van der Waals surface area contributed by atoms with E-state index in [0.29, 0.717) is 0 Å². The van der Waals surface area contributed by atoms with Crippen molar-refractivity contribution in [3.05, 3.63) is 58.6 Å². The number of benzene rings is 2. The standard InChI is InChI=1S/C16H17ClN2S/c1-12-5-4-6-16(13(12)2)18-11-19(3)20-15-9-7-14(17)8-10-15/h4-11H,1-3H3. The average Bonchev–Trinajstić information content (AvgIpc) is 2.43. The van der Waals surface area contributed by atoms with Crippen LogP contribution in [0.15, 0.2) is 52.4 Å². The van der Waals surface area contributed by atoms with Crippen LogP contribution in [0.5, 0.6) is 0 Å². The third-order valence-electron chi connectivity index (χ3n) is 3.00. The zero-order chi connectivity index (χ0) is 14.5. The Hall–Kier alpha value is -1.45. The molecule has 2 nitrogen and oxygen atoms in total. The molecule has 2 rings (SSSR count). The maximum absolute atomic E-state index is 5.87. The number of aryl methyl sites for hydroxylation is 1. The van der Waals surface area contributed by atoms with Crippen molar-refractivity contribution in [3.8, 4) is 0 Å². The molecular formula is C16H17ClN2S. The van der Waals surface area contributed by atoms with Crippen LogP contribution in [0, 0.1) is 13.8 Å². The molecule has 20 heavy (non-hydrogen) atoms. The molecule has 2 aromatic carbocycles. The highest BCUT2D eigenvalue weighted by Gasteiger charge is 2.00. The maximum Gasteiger partial charge on any atom is 0.101 e. The molecule has 0 spiro atoms. The molecule has 0 N–H and O–H groups in total. The fourth-order valence-electron chi connectivity index (χ4n) is 1.70. The van der Waals surface area contributed by atoms with Gasteiger partial charge in [0.05, 0.1) is 5.69 Å². The molecule has 0 aliphatic heterocycles. The largest absolute Gasteiger partial charge is 0.306 e. The maximum atomic E-state index is 5.87. The van der Waals surface area contributed by atoms with Gasteiger partial charge >= 0.3 is 0 Å². The SMILES string of the molecule is Cc1cccc(N=CN(C)Sc2ccc(Cl)cc2)c1C. The van der Waals surface area contributed by atoms with Crippen molar-refractivity contribution in [2.24, 2.45) is 4.99 Å². The van der Waals surface area contributed by atoms with Gasteiger partial charge in [-0.2, -0.15) is 0 Å². The van der Waals surface area contributed by atoms with E-state index >= 15 is 0 Å². The Morgan fingerprint density at radius 1 is 1.10 bits per heavy atom. The zero-order valence-electron chi connectivity index (χ0n) is 11.8. The predicted octanol–water partition coefficient (Wildman–Crippen LogP) is 5.26. The summed E-state index contributed by atoms with van der Waals surface area (Å²) in [6.07, 6.45) is 1.83. The van der Waals surface area contributed by atoms with Crippen molar-refractivity contribution in [3.63, 3.8) is 0 Å². The van der Waals surface area contributed by atoms with Crippen LogP contribution in [-0.2, 0) is 0 Å². The number of rotatable bonds is 4. The summed E-state index contributed by atoms with van der Waals surface area (Å²) in [6.45, 7) is 4.19. The van der Waals surface area contributed by atoms with Gasteiger partial charge < -0.3 is 4.31 Å². The highest BCUT2D eigenvalue weighted by atomic mass is 35.5. The van der Waals surface area contributed by atoms with Crippen LogP contribution >= 0.6 is 23.5 Å². The number of hydrogen-bond acceptors (Lipinski definition) is 2. The van der Waals surface area contributed by atoms with E-state index in [2.05, 4.69) is 24.9 Å². The van der Waals surface area contributed by atoms with Crippen molar-refractivity contribution in [2.45, 2.75) is 18.7 Å². The molecule has 0 heterocycles. The van der Waals surface area contributed by atoms with Crippen molar-refractivity contribution >= 4 is 35.6 Å². The molecule has 0 unspecified atom stereocenters. The van der Waals surface area contributed by atoms with E-state index in [1.165, 1.54) is 11.1 Å². The van der Waals surface area contributed by atoms with Gasteiger partial charge in [-0.05, 0) is 67.3 Å². The van der Waals surface area contributed by atoms with Gasteiger partial charge in [0, 0.05) is 17.0 Å². The van der Waals surface area contributed by atoms with Crippen LogP contribution in [0.2, 0.25) is 5.02 Å². The zero-order valence-corrected chi connectivity index (χ0v) is 13.4. The molecule has 0 saturated heterocycles. The number of halogens is 1. The van der Waals surface area contributed by atoms with Gasteiger partial charge in [0.15, 0.2) is 0 Å². The molecule has 0 saturated carbocycles. The summed E-state index contributed by atoms with van der Waals surface area (Å²) >= 11 is 7.48. The van der Waals surface area contributed by atoms with E-state index < -0.39 is 0 Å². The molecule has 0 radical (unpaired) electrons. The van der Waals surface area contributed by atoms with Gasteiger partial charge in [0.2, 0.25) is 0 Å². The molecule has 0 bridgehead atoms. The second-order valence-corrected chi connectivity index (χ2v) is 6.22. The van der Waals surface area contributed by atoms with Gasteiger partial charge in [0.1, 0.15) is 6.34 Å². The van der Waals surface area contributed by atoms with Gasteiger partial charge in [-0.25, -0.2) is 4.99 Å². The Balaban J connectivity index is 2.03. The van der Waals surface area contributed by atoms with Crippen LogP contribution in [0.1, 0.15) is 11.1 Å². The highest BCUT2D eigenvalue weighted by Crippen LogP contribution is 2.24.